The Bertz CT molecular complexity index is 1190. The average Bonchev–Trinajstić information content (AvgIpc) is 2.91. The van der Waals surface area contributed by atoms with Gasteiger partial charge in [0.1, 0.15) is 5.75 Å². The standard InChI is InChI=1S/C31H40F3N3O5/c1-30(2,3)23-8-12-25(13-9-23)37(29(41)36-24-10-14-26(15-11-24)42-31(32,33)34)20-21-4-6-22(7-5-21)27(38)16-18-35-19-17-28(39)40/h4-7,10-11,14-15,23,25,35H,8-9,12-13,16-20H2,1-3H3,(H,36,41)(H,39,40). The summed E-state index contributed by atoms with van der Waals surface area (Å²) in [5, 5.41) is 14.4. The van der Waals surface area contributed by atoms with E-state index in [1.54, 1.807) is 17.0 Å². The molecular formula is C31H40F3N3O5. The molecule has 0 unspecified atom stereocenters. The predicted molar refractivity (Wildman–Crippen MR) is 153 cm³/mol. The van der Waals surface area contributed by atoms with Crippen molar-refractivity contribution in [1.82, 2.24) is 10.2 Å². The number of Topliss-reactive ketones (excluding diaryl/α,β-unsaturated/α-hetero) is 1. The number of amides is 2. The third kappa shape index (κ3) is 10.7. The maximum Gasteiger partial charge on any atom is 0.573 e. The van der Waals surface area contributed by atoms with Crippen molar-refractivity contribution in [1.29, 1.82) is 0 Å². The molecule has 1 fully saturated rings. The van der Waals surface area contributed by atoms with Gasteiger partial charge in [-0.05, 0) is 66.8 Å². The minimum atomic E-state index is -4.80. The van der Waals surface area contributed by atoms with E-state index >= 15 is 0 Å². The lowest BCUT2D eigenvalue weighted by atomic mass is 9.71. The molecule has 0 saturated heterocycles. The van der Waals surface area contributed by atoms with Crippen LogP contribution in [0.4, 0.5) is 23.7 Å². The zero-order valence-electron chi connectivity index (χ0n) is 24.3. The van der Waals surface area contributed by atoms with Crippen LogP contribution >= 0.6 is 0 Å². The van der Waals surface area contributed by atoms with Gasteiger partial charge in [-0.25, -0.2) is 4.79 Å². The number of ether oxygens (including phenoxy) is 1. The molecule has 3 N–H and O–H groups in total. The Morgan fingerprint density at radius 2 is 1.50 bits per heavy atom. The molecule has 0 aromatic heterocycles. The number of nitrogens with zero attached hydrogens (tertiary/aromatic N) is 1. The highest BCUT2D eigenvalue weighted by Gasteiger charge is 2.34. The maximum atomic E-state index is 13.5. The van der Waals surface area contributed by atoms with Gasteiger partial charge in [-0.2, -0.15) is 0 Å². The van der Waals surface area contributed by atoms with Crippen LogP contribution in [0.15, 0.2) is 48.5 Å². The van der Waals surface area contributed by atoms with Gasteiger partial charge < -0.3 is 25.4 Å². The van der Waals surface area contributed by atoms with Crippen LogP contribution in [-0.2, 0) is 11.3 Å². The quantitative estimate of drug-likeness (QED) is 0.184. The third-order valence-electron chi connectivity index (χ3n) is 7.64. The monoisotopic (exact) mass is 591 g/mol. The minimum absolute atomic E-state index is 0.0113. The Labute approximate surface area is 244 Å². The number of carbonyl (C=O) groups is 3. The lowest BCUT2D eigenvalue weighted by Gasteiger charge is -2.41. The Balaban J connectivity index is 1.67. The molecule has 0 spiro atoms. The number of carboxylic acid groups (broad SMARTS) is 1. The van der Waals surface area contributed by atoms with Crippen molar-refractivity contribution >= 4 is 23.5 Å². The number of rotatable bonds is 12. The molecule has 0 heterocycles. The zero-order valence-corrected chi connectivity index (χ0v) is 24.3. The van der Waals surface area contributed by atoms with Crippen LogP contribution in [0.25, 0.3) is 0 Å². The summed E-state index contributed by atoms with van der Waals surface area (Å²) < 4.78 is 41.4. The largest absolute Gasteiger partial charge is 0.573 e. The number of carboxylic acids is 1. The van der Waals surface area contributed by atoms with Crippen molar-refractivity contribution in [3.63, 3.8) is 0 Å². The minimum Gasteiger partial charge on any atom is -0.481 e. The fourth-order valence-corrected chi connectivity index (χ4v) is 5.21. The Morgan fingerprint density at radius 1 is 0.905 bits per heavy atom. The lowest BCUT2D eigenvalue weighted by molar-refractivity contribution is -0.274. The summed E-state index contributed by atoms with van der Waals surface area (Å²) in [5.41, 5.74) is 1.89. The first-order valence-electron chi connectivity index (χ1n) is 14.2. The van der Waals surface area contributed by atoms with Gasteiger partial charge in [0, 0.05) is 43.3 Å². The molecule has 0 atom stereocenters. The van der Waals surface area contributed by atoms with Crippen LogP contribution in [0.5, 0.6) is 5.75 Å². The van der Waals surface area contributed by atoms with Gasteiger partial charge in [0.2, 0.25) is 0 Å². The highest BCUT2D eigenvalue weighted by atomic mass is 19.4. The molecule has 230 valence electrons. The number of alkyl halides is 3. The van der Waals surface area contributed by atoms with Crippen LogP contribution in [0, 0.1) is 11.3 Å². The molecule has 3 rings (SSSR count). The molecule has 42 heavy (non-hydrogen) atoms. The van der Waals surface area contributed by atoms with Gasteiger partial charge in [0.05, 0.1) is 6.42 Å². The summed E-state index contributed by atoms with van der Waals surface area (Å²) in [6.45, 7) is 7.65. The number of benzene rings is 2. The Hall–Kier alpha value is -3.60. The van der Waals surface area contributed by atoms with Crippen molar-refractivity contribution in [2.75, 3.05) is 18.4 Å². The fraction of sp³-hybridized carbons (Fsp3) is 0.516. The van der Waals surface area contributed by atoms with Crippen molar-refractivity contribution in [3.05, 3.63) is 59.7 Å². The van der Waals surface area contributed by atoms with Crippen molar-refractivity contribution in [3.8, 4) is 5.75 Å². The number of hydrogen-bond donors (Lipinski definition) is 3. The first kappa shape index (κ1) is 32.9. The smallest absolute Gasteiger partial charge is 0.481 e. The van der Waals surface area contributed by atoms with Gasteiger partial charge >= 0.3 is 18.4 Å². The van der Waals surface area contributed by atoms with Crippen LogP contribution < -0.4 is 15.4 Å². The topological polar surface area (TPSA) is 108 Å². The first-order valence-corrected chi connectivity index (χ1v) is 14.2. The van der Waals surface area contributed by atoms with E-state index in [4.69, 9.17) is 5.11 Å². The Morgan fingerprint density at radius 3 is 2.05 bits per heavy atom. The van der Waals surface area contributed by atoms with Gasteiger partial charge in [-0.1, -0.05) is 45.0 Å². The van der Waals surface area contributed by atoms with E-state index in [0.29, 0.717) is 36.8 Å². The Kier molecular flexibility index (Phi) is 11.4. The van der Waals surface area contributed by atoms with Gasteiger partial charge in [0.25, 0.3) is 0 Å². The normalized spacial score (nSPS) is 17.4. The molecule has 2 amide bonds. The number of urea groups is 1. The second-order valence-electron chi connectivity index (χ2n) is 11.8. The van der Waals surface area contributed by atoms with Crippen molar-refractivity contribution in [2.45, 2.75) is 78.2 Å². The highest BCUT2D eigenvalue weighted by molar-refractivity contribution is 5.96. The molecule has 1 saturated carbocycles. The lowest BCUT2D eigenvalue weighted by Crippen LogP contribution is -2.45. The van der Waals surface area contributed by atoms with Gasteiger partial charge in [-0.15, -0.1) is 13.2 Å². The molecule has 1 aliphatic rings. The van der Waals surface area contributed by atoms with Crippen LogP contribution in [0.3, 0.4) is 0 Å². The SMILES string of the molecule is CC(C)(C)C1CCC(N(Cc2ccc(C(=O)CCNCCC(=O)O)cc2)C(=O)Nc2ccc(OC(F)(F)F)cc2)CC1. The summed E-state index contributed by atoms with van der Waals surface area (Å²) in [4.78, 5) is 38.4. The summed E-state index contributed by atoms with van der Waals surface area (Å²) >= 11 is 0. The molecule has 8 nitrogen and oxygen atoms in total. The average molecular weight is 592 g/mol. The number of anilines is 1. The third-order valence-corrected chi connectivity index (χ3v) is 7.64. The van der Waals surface area contributed by atoms with Crippen LogP contribution in [0.1, 0.15) is 75.2 Å². The number of carbonyl (C=O) groups excluding carboxylic acids is 2. The van der Waals surface area contributed by atoms with Crippen molar-refractivity contribution < 1.29 is 37.4 Å². The van der Waals surface area contributed by atoms with E-state index in [9.17, 15) is 27.6 Å². The molecule has 0 bridgehead atoms. The summed E-state index contributed by atoms with van der Waals surface area (Å²) in [5.74, 6) is -0.799. The second kappa shape index (κ2) is 14.5. The summed E-state index contributed by atoms with van der Waals surface area (Å²) in [7, 11) is 0. The van der Waals surface area contributed by atoms with E-state index in [2.05, 4.69) is 36.1 Å². The maximum absolute atomic E-state index is 13.5. The number of aliphatic carboxylic acids is 1. The van der Waals surface area contributed by atoms with Crippen LogP contribution in [0.2, 0.25) is 0 Å². The molecule has 2 aromatic carbocycles. The van der Waals surface area contributed by atoms with E-state index in [-0.39, 0.29) is 41.9 Å². The van der Waals surface area contributed by atoms with Crippen LogP contribution in [-0.4, -0.2) is 53.3 Å². The molecule has 2 aromatic rings. The number of ketones is 1. The molecule has 1 aliphatic carbocycles. The van der Waals surface area contributed by atoms with Gasteiger partial charge in [0.15, 0.2) is 5.78 Å². The van der Waals surface area contributed by atoms with Crippen molar-refractivity contribution in [2.24, 2.45) is 11.3 Å². The second-order valence-corrected chi connectivity index (χ2v) is 11.8. The first-order chi connectivity index (χ1) is 19.7. The predicted octanol–water partition coefficient (Wildman–Crippen LogP) is 6.86. The zero-order chi connectivity index (χ0) is 30.9. The van der Waals surface area contributed by atoms with E-state index in [1.807, 2.05) is 12.1 Å². The highest BCUT2D eigenvalue weighted by Crippen LogP contribution is 2.39. The number of hydrogen-bond acceptors (Lipinski definition) is 5. The molecule has 11 heteroatoms. The summed E-state index contributed by atoms with van der Waals surface area (Å²) in [6, 6.07) is 11.7. The van der Waals surface area contributed by atoms with E-state index in [0.717, 1.165) is 43.4 Å². The van der Waals surface area contributed by atoms with E-state index in [1.165, 1.54) is 12.1 Å². The summed E-state index contributed by atoms with van der Waals surface area (Å²) in [6.07, 6.45) is -0.949. The molecule has 0 radical (unpaired) electrons. The number of nitrogens with one attached hydrogen (secondary N) is 2. The van der Waals surface area contributed by atoms with E-state index < -0.39 is 12.3 Å². The van der Waals surface area contributed by atoms with Gasteiger partial charge in [-0.3, -0.25) is 9.59 Å². The number of halogens is 3. The fourth-order valence-electron chi connectivity index (χ4n) is 5.21. The molecular weight excluding hydrogens is 551 g/mol. The molecule has 0 aliphatic heterocycles.